The van der Waals surface area contributed by atoms with Gasteiger partial charge in [0.05, 0.1) is 11.4 Å². The molecule has 174 valence electrons. The van der Waals surface area contributed by atoms with E-state index in [4.69, 9.17) is 9.52 Å². The second kappa shape index (κ2) is 8.85. The van der Waals surface area contributed by atoms with Crippen molar-refractivity contribution in [2.75, 3.05) is 13.1 Å². The van der Waals surface area contributed by atoms with E-state index < -0.39 is 0 Å². The third-order valence-corrected chi connectivity index (χ3v) is 6.27. The van der Waals surface area contributed by atoms with Gasteiger partial charge in [0.25, 0.3) is 11.8 Å². The summed E-state index contributed by atoms with van der Waals surface area (Å²) < 4.78 is 21.0. The predicted octanol–water partition coefficient (Wildman–Crippen LogP) is 5.22. The standard InChI is InChI=1S/C26H26FN5O2/c1-16-5-4-14-31(15-16)26(33)20-8-12-22(13-9-20)32-24(19-6-10-21(27)11-7-19)17(2)23(30-32)25-29-28-18(3)34-25/h6-13,16H,4-5,14-15H2,1-3H3/t16-/m1/s1. The summed E-state index contributed by atoms with van der Waals surface area (Å²) in [6.07, 6.45) is 2.20. The number of amides is 1. The minimum Gasteiger partial charge on any atom is -0.420 e. The second-order valence-electron chi connectivity index (χ2n) is 8.91. The highest BCUT2D eigenvalue weighted by Crippen LogP contribution is 2.33. The lowest BCUT2D eigenvalue weighted by molar-refractivity contribution is 0.0683. The van der Waals surface area contributed by atoms with Crippen LogP contribution < -0.4 is 0 Å². The van der Waals surface area contributed by atoms with Gasteiger partial charge in [-0.2, -0.15) is 5.10 Å². The minimum atomic E-state index is -0.310. The number of piperidine rings is 1. The Balaban J connectivity index is 1.54. The Kier molecular flexibility index (Phi) is 5.73. The molecule has 0 saturated carbocycles. The third-order valence-electron chi connectivity index (χ3n) is 6.27. The average Bonchev–Trinajstić information content (AvgIpc) is 3.42. The molecule has 1 aliphatic rings. The fraction of sp³-hybridized carbons (Fsp3) is 0.308. The lowest BCUT2D eigenvalue weighted by Crippen LogP contribution is -2.39. The van der Waals surface area contributed by atoms with Gasteiger partial charge in [-0.05, 0) is 74.2 Å². The molecule has 0 N–H and O–H groups in total. The average molecular weight is 460 g/mol. The van der Waals surface area contributed by atoms with Gasteiger partial charge in [-0.15, -0.1) is 10.2 Å². The molecule has 0 spiro atoms. The van der Waals surface area contributed by atoms with Gasteiger partial charge < -0.3 is 9.32 Å². The van der Waals surface area contributed by atoms with Gasteiger partial charge in [-0.1, -0.05) is 6.92 Å². The molecule has 7 nitrogen and oxygen atoms in total. The van der Waals surface area contributed by atoms with Crippen molar-refractivity contribution in [2.24, 2.45) is 5.92 Å². The predicted molar refractivity (Wildman–Crippen MR) is 126 cm³/mol. The van der Waals surface area contributed by atoms with Crippen molar-refractivity contribution in [2.45, 2.75) is 33.6 Å². The summed E-state index contributed by atoms with van der Waals surface area (Å²) >= 11 is 0. The van der Waals surface area contributed by atoms with Crippen molar-refractivity contribution in [1.29, 1.82) is 0 Å². The fourth-order valence-electron chi connectivity index (χ4n) is 4.53. The summed E-state index contributed by atoms with van der Waals surface area (Å²) in [4.78, 5) is 14.9. The molecular weight excluding hydrogens is 433 g/mol. The number of halogens is 1. The molecule has 0 aliphatic carbocycles. The SMILES string of the molecule is Cc1nnc(-c2nn(-c3ccc(C(=O)N4CCC[C@@H](C)C4)cc3)c(-c3ccc(F)cc3)c2C)o1. The molecular formula is C26H26FN5O2. The number of aryl methyl sites for hydroxylation is 1. The van der Waals surface area contributed by atoms with Crippen LogP contribution >= 0.6 is 0 Å². The highest BCUT2D eigenvalue weighted by atomic mass is 19.1. The van der Waals surface area contributed by atoms with E-state index in [-0.39, 0.29) is 11.7 Å². The Bertz CT molecular complexity index is 1320. The molecule has 34 heavy (non-hydrogen) atoms. The van der Waals surface area contributed by atoms with E-state index in [0.717, 1.165) is 48.4 Å². The maximum atomic E-state index is 13.6. The van der Waals surface area contributed by atoms with E-state index in [1.807, 2.05) is 36.1 Å². The van der Waals surface area contributed by atoms with Gasteiger partial charge in [0.1, 0.15) is 5.82 Å². The first-order valence-electron chi connectivity index (χ1n) is 11.5. The Morgan fingerprint density at radius 3 is 2.44 bits per heavy atom. The van der Waals surface area contributed by atoms with Crippen LogP contribution in [-0.4, -0.2) is 43.9 Å². The largest absolute Gasteiger partial charge is 0.420 e. The van der Waals surface area contributed by atoms with Gasteiger partial charge >= 0.3 is 0 Å². The maximum Gasteiger partial charge on any atom is 0.268 e. The van der Waals surface area contributed by atoms with Gasteiger partial charge in [-0.3, -0.25) is 4.79 Å². The number of likely N-dealkylation sites (tertiary alicyclic amines) is 1. The summed E-state index contributed by atoms with van der Waals surface area (Å²) in [5.41, 5.74) is 4.40. The Labute approximate surface area is 197 Å². The van der Waals surface area contributed by atoms with E-state index >= 15 is 0 Å². The number of carbonyl (C=O) groups is 1. The zero-order chi connectivity index (χ0) is 23.8. The van der Waals surface area contributed by atoms with Crippen molar-refractivity contribution in [3.63, 3.8) is 0 Å². The number of benzene rings is 2. The van der Waals surface area contributed by atoms with Crippen molar-refractivity contribution in [1.82, 2.24) is 24.9 Å². The molecule has 8 heteroatoms. The molecule has 1 aliphatic heterocycles. The number of carbonyl (C=O) groups excluding carboxylic acids is 1. The fourth-order valence-corrected chi connectivity index (χ4v) is 4.53. The number of rotatable bonds is 4. The van der Waals surface area contributed by atoms with Crippen LogP contribution in [0.3, 0.4) is 0 Å². The van der Waals surface area contributed by atoms with Crippen molar-refractivity contribution < 1.29 is 13.6 Å². The molecule has 1 fully saturated rings. The minimum absolute atomic E-state index is 0.0514. The van der Waals surface area contributed by atoms with Crippen LogP contribution in [0.4, 0.5) is 4.39 Å². The first-order valence-corrected chi connectivity index (χ1v) is 11.5. The highest BCUT2D eigenvalue weighted by Gasteiger charge is 2.24. The number of hydrogen-bond acceptors (Lipinski definition) is 5. The number of nitrogens with zero attached hydrogens (tertiary/aromatic N) is 5. The number of hydrogen-bond donors (Lipinski definition) is 0. The normalized spacial score (nSPS) is 16.1. The summed E-state index contributed by atoms with van der Waals surface area (Å²) in [5.74, 6) is 1.03. The molecule has 0 bridgehead atoms. The monoisotopic (exact) mass is 459 g/mol. The van der Waals surface area contributed by atoms with Crippen molar-refractivity contribution in [3.05, 3.63) is 71.4 Å². The quantitative estimate of drug-likeness (QED) is 0.418. The van der Waals surface area contributed by atoms with E-state index in [2.05, 4.69) is 17.1 Å². The van der Waals surface area contributed by atoms with Crippen LogP contribution in [0.5, 0.6) is 0 Å². The smallest absolute Gasteiger partial charge is 0.268 e. The van der Waals surface area contributed by atoms with Crippen LogP contribution in [0, 0.1) is 25.6 Å². The third kappa shape index (κ3) is 4.11. The van der Waals surface area contributed by atoms with Crippen LogP contribution in [0.25, 0.3) is 28.5 Å². The van der Waals surface area contributed by atoms with Gasteiger partial charge in [-0.25, -0.2) is 9.07 Å². The van der Waals surface area contributed by atoms with E-state index in [9.17, 15) is 9.18 Å². The first kappa shape index (κ1) is 22.0. The molecule has 3 heterocycles. The summed E-state index contributed by atoms with van der Waals surface area (Å²) in [5, 5.41) is 12.8. The van der Waals surface area contributed by atoms with Crippen molar-refractivity contribution >= 4 is 5.91 Å². The topological polar surface area (TPSA) is 77.1 Å². The molecule has 4 aromatic rings. The van der Waals surface area contributed by atoms with Crippen LogP contribution in [0.2, 0.25) is 0 Å². The second-order valence-corrected chi connectivity index (χ2v) is 8.91. The summed E-state index contributed by atoms with van der Waals surface area (Å²) in [6, 6.07) is 13.7. The molecule has 2 aromatic carbocycles. The summed E-state index contributed by atoms with van der Waals surface area (Å²) in [7, 11) is 0. The van der Waals surface area contributed by atoms with E-state index in [1.54, 1.807) is 23.7 Å². The zero-order valence-corrected chi connectivity index (χ0v) is 19.5. The van der Waals surface area contributed by atoms with Gasteiger partial charge in [0.15, 0.2) is 5.69 Å². The maximum absolute atomic E-state index is 13.6. The lowest BCUT2D eigenvalue weighted by atomic mass is 9.99. The molecule has 5 rings (SSSR count). The molecule has 1 amide bonds. The van der Waals surface area contributed by atoms with Crippen molar-refractivity contribution in [3.8, 4) is 28.5 Å². The van der Waals surface area contributed by atoms with Gasteiger partial charge in [0.2, 0.25) is 5.89 Å². The Morgan fingerprint density at radius 2 is 1.79 bits per heavy atom. The highest BCUT2D eigenvalue weighted by molar-refractivity contribution is 5.94. The van der Waals surface area contributed by atoms with E-state index in [0.29, 0.717) is 29.0 Å². The van der Waals surface area contributed by atoms with Gasteiger partial charge in [0, 0.05) is 36.7 Å². The summed E-state index contributed by atoms with van der Waals surface area (Å²) in [6.45, 7) is 7.42. The molecule has 0 radical (unpaired) electrons. The molecule has 1 atom stereocenters. The Hall–Kier alpha value is -3.81. The lowest BCUT2D eigenvalue weighted by Gasteiger charge is -2.31. The molecule has 2 aromatic heterocycles. The molecule has 1 saturated heterocycles. The van der Waals surface area contributed by atoms with Crippen LogP contribution in [0.1, 0.15) is 41.6 Å². The zero-order valence-electron chi connectivity index (χ0n) is 19.5. The van der Waals surface area contributed by atoms with Crippen LogP contribution in [-0.2, 0) is 0 Å². The number of aromatic nitrogens is 4. The molecule has 0 unspecified atom stereocenters. The van der Waals surface area contributed by atoms with Crippen LogP contribution in [0.15, 0.2) is 52.9 Å². The van der Waals surface area contributed by atoms with E-state index in [1.165, 1.54) is 12.1 Å². The Morgan fingerprint density at radius 1 is 1.06 bits per heavy atom. The first-order chi connectivity index (χ1) is 16.4.